The van der Waals surface area contributed by atoms with E-state index in [1.54, 1.807) is 24.3 Å². The molecule has 4 heteroatoms. The van der Waals surface area contributed by atoms with Gasteiger partial charge in [0.15, 0.2) is 0 Å². The van der Waals surface area contributed by atoms with E-state index in [-0.39, 0.29) is 6.04 Å². The van der Waals surface area contributed by atoms with Crippen LogP contribution in [-0.2, 0) is 0 Å². The Hall–Kier alpha value is -1.88. The van der Waals surface area contributed by atoms with Gasteiger partial charge in [0.1, 0.15) is 0 Å². The first-order chi connectivity index (χ1) is 8.58. The largest absolute Gasteiger partial charge is 0.387 e. The first-order valence-electron chi connectivity index (χ1n) is 5.83. The Labute approximate surface area is 108 Å². The lowest BCUT2D eigenvalue weighted by atomic mass is 10.1. The van der Waals surface area contributed by atoms with E-state index in [2.05, 4.69) is 6.07 Å². The molecule has 0 aliphatic heterocycles. The molecule has 0 saturated carbocycles. The third-order valence-electron chi connectivity index (χ3n) is 3.02. The van der Waals surface area contributed by atoms with Gasteiger partial charge in [-0.3, -0.25) is 4.90 Å². The molecule has 4 nitrogen and oxygen atoms in total. The second kappa shape index (κ2) is 6.76. The normalized spacial score (nSPS) is 13.7. The molecule has 0 heterocycles. The van der Waals surface area contributed by atoms with E-state index < -0.39 is 6.10 Å². The summed E-state index contributed by atoms with van der Waals surface area (Å²) in [6.45, 7) is 2.42. The monoisotopic (exact) mass is 243 g/mol. The van der Waals surface area contributed by atoms with E-state index in [1.807, 2.05) is 24.9 Å². The molecule has 94 valence electrons. The smallest absolute Gasteiger partial charge is 0.0991 e. The van der Waals surface area contributed by atoms with E-state index in [0.717, 1.165) is 5.56 Å². The summed E-state index contributed by atoms with van der Waals surface area (Å²) in [4.78, 5) is 1.95. The summed E-state index contributed by atoms with van der Waals surface area (Å²) in [5.74, 6) is 0. The summed E-state index contributed by atoms with van der Waals surface area (Å²) in [6.07, 6.45) is -0.166. The summed E-state index contributed by atoms with van der Waals surface area (Å²) in [7, 11) is 1.88. The lowest BCUT2D eigenvalue weighted by Gasteiger charge is -2.25. The molecule has 1 rings (SSSR count). The molecule has 0 aliphatic carbocycles. The number of aliphatic hydroxyl groups excluding tert-OH is 1. The molecule has 1 aromatic rings. The third-order valence-corrected chi connectivity index (χ3v) is 3.02. The number of benzene rings is 1. The Morgan fingerprint density at radius 1 is 1.28 bits per heavy atom. The fourth-order valence-electron chi connectivity index (χ4n) is 1.63. The summed E-state index contributed by atoms with van der Waals surface area (Å²) in [6, 6.07) is 11.2. The van der Waals surface area contributed by atoms with Crippen LogP contribution in [0.15, 0.2) is 24.3 Å². The predicted octanol–water partition coefficient (Wildman–Crippen LogP) is 1.83. The molecule has 0 aromatic heterocycles. The molecular weight excluding hydrogens is 226 g/mol. The number of hydrogen-bond donors (Lipinski definition) is 1. The minimum atomic E-state index is -0.608. The molecule has 0 spiro atoms. The summed E-state index contributed by atoms with van der Waals surface area (Å²) < 4.78 is 0. The Morgan fingerprint density at radius 3 is 2.39 bits per heavy atom. The summed E-state index contributed by atoms with van der Waals surface area (Å²) in [5, 5.41) is 27.4. The third kappa shape index (κ3) is 3.85. The Bertz CT molecular complexity index is 455. The lowest BCUT2D eigenvalue weighted by molar-refractivity contribution is 0.109. The van der Waals surface area contributed by atoms with Gasteiger partial charge in [-0.1, -0.05) is 12.1 Å². The SMILES string of the molecule is CC(CC#N)N(C)CC(O)c1ccc(C#N)cc1. The van der Waals surface area contributed by atoms with Gasteiger partial charge >= 0.3 is 0 Å². The van der Waals surface area contributed by atoms with E-state index in [9.17, 15) is 5.11 Å². The van der Waals surface area contributed by atoms with Crippen molar-refractivity contribution in [2.24, 2.45) is 0 Å². The molecule has 2 atom stereocenters. The number of hydrogen-bond acceptors (Lipinski definition) is 4. The number of nitriles is 2. The Kier molecular flexibility index (Phi) is 5.32. The van der Waals surface area contributed by atoms with Gasteiger partial charge in [-0.25, -0.2) is 0 Å². The second-order valence-electron chi connectivity index (χ2n) is 4.40. The van der Waals surface area contributed by atoms with Gasteiger partial charge in [-0.2, -0.15) is 10.5 Å². The molecule has 0 radical (unpaired) electrons. The van der Waals surface area contributed by atoms with Crippen molar-refractivity contribution in [3.8, 4) is 12.1 Å². The van der Waals surface area contributed by atoms with Gasteiger partial charge in [-0.15, -0.1) is 0 Å². The quantitative estimate of drug-likeness (QED) is 0.856. The maximum absolute atomic E-state index is 10.1. The molecule has 0 aliphatic rings. The molecule has 1 N–H and O–H groups in total. The number of rotatable bonds is 5. The van der Waals surface area contributed by atoms with Gasteiger partial charge < -0.3 is 5.11 Å². The average Bonchev–Trinajstić information content (AvgIpc) is 2.39. The fraction of sp³-hybridized carbons (Fsp3) is 0.429. The second-order valence-corrected chi connectivity index (χ2v) is 4.40. The molecule has 2 unspecified atom stereocenters. The highest BCUT2D eigenvalue weighted by molar-refractivity contribution is 5.32. The zero-order chi connectivity index (χ0) is 13.5. The minimum Gasteiger partial charge on any atom is -0.387 e. The number of likely N-dealkylation sites (N-methyl/N-ethyl adjacent to an activating group) is 1. The fourth-order valence-corrected chi connectivity index (χ4v) is 1.63. The Morgan fingerprint density at radius 2 is 1.89 bits per heavy atom. The highest BCUT2D eigenvalue weighted by Gasteiger charge is 2.14. The Balaban J connectivity index is 2.62. The van der Waals surface area contributed by atoms with Crippen molar-refractivity contribution in [1.82, 2.24) is 4.90 Å². The highest BCUT2D eigenvalue weighted by atomic mass is 16.3. The standard InChI is InChI=1S/C14H17N3O/c1-11(7-8-15)17(2)10-14(18)13-5-3-12(9-16)4-6-13/h3-6,11,14,18H,7,10H2,1-2H3. The van der Waals surface area contributed by atoms with Gasteiger partial charge in [-0.05, 0) is 31.7 Å². The van der Waals surface area contributed by atoms with Crippen LogP contribution in [0, 0.1) is 22.7 Å². The van der Waals surface area contributed by atoms with Crippen molar-refractivity contribution >= 4 is 0 Å². The van der Waals surface area contributed by atoms with Gasteiger partial charge in [0.05, 0.1) is 30.2 Å². The number of aliphatic hydroxyl groups is 1. The van der Waals surface area contributed by atoms with Crippen LogP contribution in [-0.4, -0.2) is 29.6 Å². The van der Waals surface area contributed by atoms with Crippen LogP contribution in [0.3, 0.4) is 0 Å². The molecule has 0 amide bonds. The topological polar surface area (TPSA) is 71.1 Å². The van der Waals surface area contributed by atoms with Crippen molar-refractivity contribution in [1.29, 1.82) is 10.5 Å². The molecule has 0 fully saturated rings. The van der Waals surface area contributed by atoms with Crippen LogP contribution in [0.25, 0.3) is 0 Å². The van der Waals surface area contributed by atoms with Crippen molar-refractivity contribution in [3.63, 3.8) is 0 Å². The van der Waals surface area contributed by atoms with Crippen LogP contribution in [0.5, 0.6) is 0 Å². The zero-order valence-corrected chi connectivity index (χ0v) is 10.7. The van der Waals surface area contributed by atoms with Crippen molar-refractivity contribution in [2.75, 3.05) is 13.6 Å². The maximum Gasteiger partial charge on any atom is 0.0991 e. The predicted molar refractivity (Wildman–Crippen MR) is 68.4 cm³/mol. The molecular formula is C14H17N3O. The van der Waals surface area contributed by atoms with Gasteiger partial charge in [0, 0.05) is 12.6 Å². The average molecular weight is 243 g/mol. The lowest BCUT2D eigenvalue weighted by Crippen LogP contribution is -2.32. The summed E-state index contributed by atoms with van der Waals surface area (Å²) >= 11 is 0. The zero-order valence-electron chi connectivity index (χ0n) is 10.7. The molecule has 0 saturated heterocycles. The van der Waals surface area contributed by atoms with Crippen molar-refractivity contribution in [2.45, 2.75) is 25.5 Å². The van der Waals surface area contributed by atoms with Crippen LogP contribution in [0.1, 0.15) is 30.6 Å². The summed E-state index contributed by atoms with van der Waals surface area (Å²) in [5.41, 5.74) is 1.36. The minimum absolute atomic E-state index is 0.114. The first-order valence-corrected chi connectivity index (χ1v) is 5.83. The molecule has 18 heavy (non-hydrogen) atoms. The van der Waals surface area contributed by atoms with Crippen LogP contribution in [0.4, 0.5) is 0 Å². The molecule has 0 bridgehead atoms. The molecule has 1 aromatic carbocycles. The maximum atomic E-state index is 10.1. The first kappa shape index (κ1) is 14.2. The van der Waals surface area contributed by atoms with E-state index >= 15 is 0 Å². The van der Waals surface area contributed by atoms with E-state index in [0.29, 0.717) is 18.5 Å². The van der Waals surface area contributed by atoms with E-state index in [4.69, 9.17) is 10.5 Å². The van der Waals surface area contributed by atoms with Gasteiger partial charge in [0.2, 0.25) is 0 Å². The van der Waals surface area contributed by atoms with Crippen LogP contribution in [0.2, 0.25) is 0 Å². The van der Waals surface area contributed by atoms with E-state index in [1.165, 1.54) is 0 Å². The highest BCUT2D eigenvalue weighted by Crippen LogP contribution is 2.16. The van der Waals surface area contributed by atoms with Crippen LogP contribution >= 0.6 is 0 Å². The number of nitrogens with zero attached hydrogens (tertiary/aromatic N) is 3. The van der Waals surface area contributed by atoms with Crippen molar-refractivity contribution in [3.05, 3.63) is 35.4 Å². The van der Waals surface area contributed by atoms with Crippen molar-refractivity contribution < 1.29 is 5.11 Å². The van der Waals surface area contributed by atoms with Crippen LogP contribution < -0.4 is 0 Å². The van der Waals surface area contributed by atoms with Gasteiger partial charge in [0.25, 0.3) is 0 Å².